The zero-order valence-electron chi connectivity index (χ0n) is 7.88. The molecule has 12 heavy (non-hydrogen) atoms. The van der Waals surface area contributed by atoms with Gasteiger partial charge >= 0.3 is 0 Å². The van der Waals surface area contributed by atoms with Crippen molar-refractivity contribution in [3.63, 3.8) is 0 Å². The molecule has 0 aliphatic rings. The molecule has 0 heterocycles. The van der Waals surface area contributed by atoms with Gasteiger partial charge in [-0.15, -0.1) is 0 Å². The number of carbonyl (C=O) groups is 1. The van der Waals surface area contributed by atoms with Crippen molar-refractivity contribution in [2.45, 2.75) is 39.5 Å². The van der Waals surface area contributed by atoms with Crippen LogP contribution in [-0.4, -0.2) is 5.97 Å². The molecular formula is C10H17O2-. The lowest BCUT2D eigenvalue weighted by Gasteiger charge is -2.09. The maximum absolute atomic E-state index is 10.4. The molecule has 0 radical (unpaired) electrons. The zero-order chi connectivity index (χ0) is 9.40. The summed E-state index contributed by atoms with van der Waals surface area (Å²) in [6.07, 6.45) is 7.54. The summed E-state index contributed by atoms with van der Waals surface area (Å²) in [7, 11) is 0. The fraction of sp³-hybridized carbons (Fsp3) is 0.700. The van der Waals surface area contributed by atoms with Crippen LogP contribution < -0.4 is 5.11 Å². The number of carbonyl (C=O) groups excluding carboxylic acids is 1. The first-order chi connectivity index (χ1) is 5.72. The second-order valence-electron chi connectivity index (χ2n) is 2.90. The third kappa shape index (κ3) is 4.94. The number of carboxylic acids is 1. The molecule has 0 aliphatic heterocycles. The van der Waals surface area contributed by atoms with E-state index in [1.54, 1.807) is 6.08 Å². The highest BCUT2D eigenvalue weighted by Gasteiger charge is 2.00. The third-order valence-corrected chi connectivity index (χ3v) is 1.84. The van der Waals surface area contributed by atoms with E-state index in [1.165, 1.54) is 0 Å². The first-order valence-corrected chi connectivity index (χ1v) is 4.59. The van der Waals surface area contributed by atoms with Crippen LogP contribution in [0, 0.1) is 5.92 Å². The molecule has 0 saturated carbocycles. The Morgan fingerprint density at radius 1 is 1.50 bits per heavy atom. The van der Waals surface area contributed by atoms with Gasteiger partial charge in [0.1, 0.15) is 0 Å². The molecule has 2 heteroatoms. The molecule has 0 amide bonds. The van der Waals surface area contributed by atoms with Gasteiger partial charge < -0.3 is 9.90 Å². The maximum atomic E-state index is 10.4. The summed E-state index contributed by atoms with van der Waals surface area (Å²) < 4.78 is 0. The van der Waals surface area contributed by atoms with Crippen molar-refractivity contribution in [2.75, 3.05) is 0 Å². The minimum atomic E-state index is -0.967. The normalized spacial score (nSPS) is 13.5. The van der Waals surface area contributed by atoms with Crippen LogP contribution in [0.15, 0.2) is 12.2 Å². The predicted octanol–water partition coefficient (Wildman–Crippen LogP) is 1.51. The minimum absolute atomic E-state index is 0.401. The molecule has 0 N–H and O–H groups in total. The van der Waals surface area contributed by atoms with E-state index in [1.807, 2.05) is 13.0 Å². The Kier molecular flexibility index (Phi) is 6.44. The Morgan fingerprint density at radius 2 is 2.17 bits per heavy atom. The van der Waals surface area contributed by atoms with E-state index in [9.17, 15) is 9.90 Å². The molecule has 0 bridgehead atoms. The lowest BCUT2D eigenvalue weighted by atomic mass is 10.1. The van der Waals surface area contributed by atoms with Crippen LogP contribution in [0.2, 0.25) is 0 Å². The lowest BCUT2D eigenvalue weighted by Crippen LogP contribution is -2.29. The van der Waals surface area contributed by atoms with Gasteiger partial charge in [0.25, 0.3) is 0 Å². The second kappa shape index (κ2) is 6.89. The van der Waals surface area contributed by atoms with Crippen molar-refractivity contribution in [3.8, 4) is 0 Å². The largest absolute Gasteiger partial charge is 0.550 e. The van der Waals surface area contributed by atoms with Crippen molar-refractivity contribution in [3.05, 3.63) is 12.2 Å². The average molecular weight is 169 g/mol. The van der Waals surface area contributed by atoms with Gasteiger partial charge in [0.15, 0.2) is 0 Å². The summed E-state index contributed by atoms with van der Waals surface area (Å²) in [6.45, 7) is 3.97. The molecule has 2 nitrogen and oxygen atoms in total. The first kappa shape index (κ1) is 11.2. The van der Waals surface area contributed by atoms with Gasteiger partial charge in [-0.25, -0.2) is 0 Å². The van der Waals surface area contributed by atoms with Crippen molar-refractivity contribution >= 4 is 5.97 Å². The zero-order valence-corrected chi connectivity index (χ0v) is 7.88. The maximum Gasteiger partial charge on any atom is 0.0482 e. The highest BCUT2D eigenvalue weighted by Crippen LogP contribution is 2.04. The molecule has 0 aromatic rings. The summed E-state index contributed by atoms with van der Waals surface area (Å²) in [5, 5.41) is 10.4. The highest BCUT2D eigenvalue weighted by molar-refractivity contribution is 5.69. The van der Waals surface area contributed by atoms with Gasteiger partial charge in [0, 0.05) is 11.9 Å². The van der Waals surface area contributed by atoms with E-state index >= 15 is 0 Å². The number of hydrogen-bond acceptors (Lipinski definition) is 2. The lowest BCUT2D eigenvalue weighted by molar-refractivity contribution is -0.309. The SMILES string of the molecule is CCCCC=CC(CC)C(=O)[O-]. The van der Waals surface area contributed by atoms with Crippen LogP contribution in [-0.2, 0) is 4.79 Å². The molecule has 70 valence electrons. The van der Waals surface area contributed by atoms with Gasteiger partial charge in [-0.2, -0.15) is 0 Å². The fourth-order valence-corrected chi connectivity index (χ4v) is 0.964. The molecule has 0 rings (SSSR count). The number of hydrogen-bond donors (Lipinski definition) is 0. The van der Waals surface area contributed by atoms with Crippen molar-refractivity contribution in [1.82, 2.24) is 0 Å². The topological polar surface area (TPSA) is 40.1 Å². The van der Waals surface area contributed by atoms with Gasteiger partial charge in [-0.1, -0.05) is 38.8 Å². The Labute approximate surface area is 74.3 Å². The number of rotatable bonds is 6. The molecule has 1 unspecified atom stereocenters. The number of aliphatic carboxylic acids is 1. The molecule has 0 aromatic carbocycles. The van der Waals surface area contributed by atoms with Crippen molar-refractivity contribution in [1.29, 1.82) is 0 Å². The second-order valence-corrected chi connectivity index (χ2v) is 2.90. The molecule has 1 atom stereocenters. The molecular weight excluding hydrogens is 152 g/mol. The van der Waals surface area contributed by atoms with Gasteiger partial charge in [-0.05, 0) is 12.8 Å². The van der Waals surface area contributed by atoms with Crippen molar-refractivity contribution in [2.24, 2.45) is 5.92 Å². The Morgan fingerprint density at radius 3 is 2.58 bits per heavy atom. The fourth-order valence-electron chi connectivity index (χ4n) is 0.964. The Balaban J connectivity index is 3.69. The van der Waals surface area contributed by atoms with Crippen LogP contribution in [0.1, 0.15) is 39.5 Å². The Bertz CT molecular complexity index is 150. The van der Waals surface area contributed by atoms with Crippen LogP contribution >= 0.6 is 0 Å². The highest BCUT2D eigenvalue weighted by atomic mass is 16.4. The number of allylic oxidation sites excluding steroid dienone is 1. The van der Waals surface area contributed by atoms with E-state index in [4.69, 9.17) is 0 Å². The van der Waals surface area contributed by atoms with E-state index in [2.05, 4.69) is 6.92 Å². The van der Waals surface area contributed by atoms with E-state index in [-0.39, 0.29) is 0 Å². The molecule has 0 aliphatic carbocycles. The molecule has 0 fully saturated rings. The summed E-state index contributed by atoms with van der Waals surface area (Å²) in [6, 6.07) is 0. The van der Waals surface area contributed by atoms with Crippen LogP contribution in [0.25, 0.3) is 0 Å². The predicted molar refractivity (Wildman–Crippen MR) is 47.5 cm³/mol. The van der Waals surface area contributed by atoms with Crippen LogP contribution in [0.4, 0.5) is 0 Å². The smallest absolute Gasteiger partial charge is 0.0482 e. The van der Waals surface area contributed by atoms with Gasteiger partial charge in [0.05, 0.1) is 0 Å². The first-order valence-electron chi connectivity index (χ1n) is 4.59. The van der Waals surface area contributed by atoms with Crippen LogP contribution in [0.3, 0.4) is 0 Å². The summed E-state index contributed by atoms with van der Waals surface area (Å²) in [5.41, 5.74) is 0. The van der Waals surface area contributed by atoms with E-state index in [0.29, 0.717) is 6.42 Å². The molecule has 0 aromatic heterocycles. The van der Waals surface area contributed by atoms with Crippen LogP contribution in [0.5, 0.6) is 0 Å². The number of carboxylic acid groups (broad SMARTS) is 1. The van der Waals surface area contributed by atoms with Crippen molar-refractivity contribution < 1.29 is 9.90 Å². The summed E-state index contributed by atoms with van der Waals surface area (Å²) >= 11 is 0. The Hall–Kier alpha value is -0.790. The summed E-state index contributed by atoms with van der Waals surface area (Å²) in [4.78, 5) is 10.4. The minimum Gasteiger partial charge on any atom is -0.550 e. The van der Waals surface area contributed by atoms with E-state index < -0.39 is 11.9 Å². The third-order valence-electron chi connectivity index (χ3n) is 1.84. The standard InChI is InChI=1S/C10H18O2/c1-3-5-6-7-8-9(4-2)10(11)12/h7-9H,3-6H2,1-2H3,(H,11,12)/p-1. The average Bonchev–Trinajstić information content (AvgIpc) is 2.04. The summed E-state index contributed by atoms with van der Waals surface area (Å²) in [5.74, 6) is -1.37. The molecule has 0 spiro atoms. The molecule has 0 saturated heterocycles. The van der Waals surface area contributed by atoms with Gasteiger partial charge in [-0.3, -0.25) is 0 Å². The van der Waals surface area contributed by atoms with Gasteiger partial charge in [0.2, 0.25) is 0 Å². The number of unbranched alkanes of at least 4 members (excludes halogenated alkanes) is 2. The van der Waals surface area contributed by atoms with E-state index in [0.717, 1.165) is 19.3 Å². The monoisotopic (exact) mass is 169 g/mol. The quantitative estimate of drug-likeness (QED) is 0.446.